The Balaban J connectivity index is 1.11. The highest BCUT2D eigenvalue weighted by Crippen LogP contribution is 2.23. The van der Waals surface area contributed by atoms with Crippen LogP contribution in [0, 0.1) is 0 Å². The second-order valence-electron chi connectivity index (χ2n) is 9.26. The number of nitrogens with zero attached hydrogens (tertiary/aromatic N) is 1. The van der Waals surface area contributed by atoms with E-state index < -0.39 is 0 Å². The maximum absolute atomic E-state index is 12.9. The molecule has 1 aromatic heterocycles. The first kappa shape index (κ1) is 24.6. The van der Waals surface area contributed by atoms with E-state index in [1.54, 1.807) is 25.3 Å². The van der Waals surface area contributed by atoms with Crippen molar-refractivity contribution in [3.63, 3.8) is 0 Å². The van der Waals surface area contributed by atoms with E-state index in [0.29, 0.717) is 22.3 Å². The zero-order valence-electron chi connectivity index (χ0n) is 20.8. The first-order valence-corrected chi connectivity index (χ1v) is 12.5. The van der Waals surface area contributed by atoms with E-state index >= 15 is 0 Å². The summed E-state index contributed by atoms with van der Waals surface area (Å²) in [7, 11) is 1.67. The van der Waals surface area contributed by atoms with Gasteiger partial charge in [0.05, 0.1) is 18.1 Å². The van der Waals surface area contributed by atoms with Crippen LogP contribution < -0.4 is 20.2 Å². The van der Waals surface area contributed by atoms with Crippen LogP contribution in [0.4, 0.5) is 0 Å². The summed E-state index contributed by atoms with van der Waals surface area (Å²) in [6, 6.07) is 22.7. The zero-order valence-corrected chi connectivity index (χ0v) is 20.8. The van der Waals surface area contributed by atoms with Gasteiger partial charge in [-0.25, -0.2) is 0 Å². The first-order chi connectivity index (χ1) is 18.1. The van der Waals surface area contributed by atoms with Gasteiger partial charge in [0.1, 0.15) is 23.3 Å². The molecule has 0 aliphatic carbocycles. The second-order valence-corrected chi connectivity index (χ2v) is 9.26. The summed E-state index contributed by atoms with van der Waals surface area (Å²) in [4.78, 5) is 27.8. The number of ether oxygens (including phenoxy) is 2. The first-order valence-electron chi connectivity index (χ1n) is 12.5. The van der Waals surface area contributed by atoms with Gasteiger partial charge in [0.15, 0.2) is 12.0 Å². The molecule has 1 aliphatic heterocycles. The van der Waals surface area contributed by atoms with Crippen LogP contribution in [0.3, 0.4) is 0 Å². The molecule has 5 rings (SSSR count). The summed E-state index contributed by atoms with van der Waals surface area (Å²) in [6.45, 7) is 2.64. The Hall–Kier alpha value is -4.10. The topological polar surface area (TPSA) is 81.0 Å². The molecule has 7 nitrogen and oxygen atoms in total. The SMILES string of the molecule is COc1ccc(CN2CCC(NC(=O)COc3ccc4c(=O)c(-c5ccccc5)coc4c3)CC2)cc1. The van der Waals surface area contributed by atoms with Crippen molar-refractivity contribution in [3.8, 4) is 22.6 Å². The quantitative estimate of drug-likeness (QED) is 0.382. The Labute approximate surface area is 215 Å². The Bertz CT molecular complexity index is 1410. The Morgan fingerprint density at radius 3 is 2.46 bits per heavy atom. The summed E-state index contributed by atoms with van der Waals surface area (Å²) < 4.78 is 16.6. The van der Waals surface area contributed by atoms with Crippen LogP contribution in [-0.4, -0.2) is 43.7 Å². The van der Waals surface area contributed by atoms with E-state index in [0.717, 1.165) is 43.8 Å². The number of hydrogen-bond acceptors (Lipinski definition) is 6. The smallest absolute Gasteiger partial charge is 0.258 e. The predicted molar refractivity (Wildman–Crippen MR) is 143 cm³/mol. The lowest BCUT2D eigenvalue weighted by molar-refractivity contribution is -0.124. The summed E-state index contributed by atoms with van der Waals surface area (Å²) >= 11 is 0. The van der Waals surface area contributed by atoms with E-state index in [2.05, 4.69) is 22.3 Å². The normalized spacial score (nSPS) is 14.4. The van der Waals surface area contributed by atoms with Crippen molar-refractivity contribution >= 4 is 16.9 Å². The molecule has 1 N–H and O–H groups in total. The molecule has 7 heteroatoms. The van der Waals surface area contributed by atoms with Crippen LogP contribution in [0.5, 0.6) is 11.5 Å². The molecule has 4 aromatic rings. The second kappa shape index (κ2) is 11.3. The number of fused-ring (bicyclic) bond motifs is 1. The number of rotatable bonds is 8. The van der Waals surface area contributed by atoms with Gasteiger partial charge in [-0.15, -0.1) is 0 Å². The van der Waals surface area contributed by atoms with Crippen molar-refractivity contribution in [2.75, 3.05) is 26.8 Å². The van der Waals surface area contributed by atoms with Gasteiger partial charge in [0.2, 0.25) is 0 Å². The fourth-order valence-electron chi connectivity index (χ4n) is 4.66. The Morgan fingerprint density at radius 1 is 1.00 bits per heavy atom. The molecule has 0 spiro atoms. The predicted octanol–water partition coefficient (Wildman–Crippen LogP) is 4.63. The number of likely N-dealkylation sites (tertiary alicyclic amines) is 1. The molecule has 190 valence electrons. The van der Waals surface area contributed by atoms with Crippen molar-refractivity contribution in [1.29, 1.82) is 0 Å². The molecule has 3 aromatic carbocycles. The van der Waals surface area contributed by atoms with Crippen LogP contribution in [-0.2, 0) is 11.3 Å². The third-order valence-corrected chi connectivity index (χ3v) is 6.72. The molecule has 0 unspecified atom stereocenters. The van der Waals surface area contributed by atoms with E-state index in [1.165, 1.54) is 11.8 Å². The van der Waals surface area contributed by atoms with Crippen LogP contribution in [0.2, 0.25) is 0 Å². The number of piperidine rings is 1. The number of nitrogens with one attached hydrogen (secondary N) is 1. The maximum Gasteiger partial charge on any atom is 0.258 e. The highest BCUT2D eigenvalue weighted by Gasteiger charge is 2.21. The van der Waals surface area contributed by atoms with E-state index in [9.17, 15) is 9.59 Å². The standard InChI is InChI=1S/C30H30N2O5/c1-35-24-9-7-21(8-10-24)18-32-15-13-23(14-16-32)31-29(33)20-36-25-11-12-26-28(17-25)37-19-27(30(26)34)22-5-3-2-4-6-22/h2-12,17,19,23H,13-16,18,20H2,1H3,(H,31,33). The molecule has 0 saturated carbocycles. The van der Waals surface area contributed by atoms with Gasteiger partial charge in [0, 0.05) is 31.7 Å². The summed E-state index contributed by atoms with van der Waals surface area (Å²) in [5.74, 6) is 1.18. The lowest BCUT2D eigenvalue weighted by Crippen LogP contribution is -2.45. The van der Waals surface area contributed by atoms with E-state index in [4.69, 9.17) is 13.9 Å². The lowest BCUT2D eigenvalue weighted by atomic mass is 10.0. The minimum atomic E-state index is -0.158. The molecule has 2 heterocycles. The Kier molecular flexibility index (Phi) is 7.51. The van der Waals surface area contributed by atoms with Gasteiger partial charge >= 0.3 is 0 Å². The number of benzene rings is 3. The van der Waals surface area contributed by atoms with Crippen LogP contribution in [0.1, 0.15) is 18.4 Å². The van der Waals surface area contributed by atoms with Gasteiger partial charge in [-0.2, -0.15) is 0 Å². The van der Waals surface area contributed by atoms with Crippen molar-refractivity contribution in [1.82, 2.24) is 10.2 Å². The minimum Gasteiger partial charge on any atom is -0.497 e. The van der Waals surface area contributed by atoms with Gasteiger partial charge in [-0.05, 0) is 48.2 Å². The van der Waals surface area contributed by atoms with Crippen molar-refractivity contribution in [2.45, 2.75) is 25.4 Å². The maximum atomic E-state index is 12.9. The zero-order chi connectivity index (χ0) is 25.6. The molecule has 1 amide bonds. The molecule has 37 heavy (non-hydrogen) atoms. The molecule has 0 bridgehead atoms. The highest BCUT2D eigenvalue weighted by molar-refractivity contribution is 5.83. The van der Waals surface area contributed by atoms with Crippen LogP contribution in [0.25, 0.3) is 22.1 Å². The molecule has 1 fully saturated rings. The van der Waals surface area contributed by atoms with E-state index in [1.807, 2.05) is 42.5 Å². The fourth-order valence-corrected chi connectivity index (χ4v) is 4.66. The van der Waals surface area contributed by atoms with Gasteiger partial charge in [-0.3, -0.25) is 14.5 Å². The third-order valence-electron chi connectivity index (χ3n) is 6.72. The van der Waals surface area contributed by atoms with Crippen LogP contribution in [0.15, 0.2) is 88.3 Å². The van der Waals surface area contributed by atoms with E-state index in [-0.39, 0.29) is 24.0 Å². The highest BCUT2D eigenvalue weighted by atomic mass is 16.5. The average molecular weight is 499 g/mol. The number of carbonyl (C=O) groups excluding carboxylic acids is 1. The third kappa shape index (κ3) is 6.01. The van der Waals surface area contributed by atoms with Crippen molar-refractivity contribution in [2.24, 2.45) is 0 Å². The number of methoxy groups -OCH3 is 1. The number of hydrogen-bond donors (Lipinski definition) is 1. The van der Waals surface area contributed by atoms with Gasteiger partial charge < -0.3 is 19.2 Å². The number of carbonyl (C=O) groups is 1. The Morgan fingerprint density at radius 2 is 1.73 bits per heavy atom. The summed E-state index contributed by atoms with van der Waals surface area (Å²) in [6.07, 6.45) is 3.26. The minimum absolute atomic E-state index is 0.0934. The molecule has 0 atom stereocenters. The number of amides is 1. The molecule has 0 radical (unpaired) electrons. The molecular formula is C30H30N2O5. The molecular weight excluding hydrogens is 468 g/mol. The summed E-state index contributed by atoms with van der Waals surface area (Å²) in [5.41, 5.74) is 2.89. The van der Waals surface area contributed by atoms with Gasteiger partial charge in [-0.1, -0.05) is 42.5 Å². The molecule has 1 aliphatic rings. The van der Waals surface area contributed by atoms with Gasteiger partial charge in [0.25, 0.3) is 5.91 Å². The lowest BCUT2D eigenvalue weighted by Gasteiger charge is -2.32. The van der Waals surface area contributed by atoms with Crippen molar-refractivity contribution < 1.29 is 18.7 Å². The average Bonchev–Trinajstić information content (AvgIpc) is 2.94. The van der Waals surface area contributed by atoms with Crippen molar-refractivity contribution in [3.05, 3.63) is 94.8 Å². The monoisotopic (exact) mass is 498 g/mol. The van der Waals surface area contributed by atoms with Crippen LogP contribution >= 0.6 is 0 Å². The summed E-state index contributed by atoms with van der Waals surface area (Å²) in [5, 5.41) is 3.55. The molecule has 1 saturated heterocycles. The largest absolute Gasteiger partial charge is 0.497 e. The fraction of sp³-hybridized carbons (Fsp3) is 0.267.